The summed E-state index contributed by atoms with van der Waals surface area (Å²) in [5, 5.41) is 0. The van der Waals surface area contributed by atoms with Gasteiger partial charge >= 0.3 is 0 Å². The Bertz CT molecular complexity index is 189. The quantitative estimate of drug-likeness (QED) is 0.424. The molecule has 0 unspecified atom stereocenters. The molecule has 0 aliphatic heterocycles. The molecule has 0 saturated carbocycles. The molecular formula is C5H12O3S4. The fourth-order valence-electron chi connectivity index (χ4n) is 0.528. The van der Waals surface area contributed by atoms with Crippen LogP contribution in [0.4, 0.5) is 0 Å². The van der Waals surface area contributed by atoms with E-state index >= 15 is 0 Å². The maximum absolute atomic E-state index is 10.3. The van der Waals surface area contributed by atoms with E-state index in [4.69, 9.17) is 4.55 Å². The van der Waals surface area contributed by atoms with Crippen molar-refractivity contribution >= 4 is 41.5 Å². The topological polar surface area (TPSA) is 54.4 Å². The molecule has 0 aromatic rings. The Morgan fingerprint density at radius 1 is 1.33 bits per heavy atom. The first kappa shape index (κ1) is 13.0. The smallest absolute Gasteiger partial charge is 0.264 e. The molecule has 0 saturated heterocycles. The average Bonchev–Trinajstić information content (AvgIpc) is 1.94. The third kappa shape index (κ3) is 11.0. The lowest BCUT2D eigenvalue weighted by atomic mass is 10.4. The van der Waals surface area contributed by atoms with Gasteiger partial charge in [-0.25, -0.2) is 0 Å². The van der Waals surface area contributed by atoms with Gasteiger partial charge in [0.25, 0.3) is 10.1 Å². The third-order valence-electron chi connectivity index (χ3n) is 0.996. The van der Waals surface area contributed by atoms with E-state index in [1.54, 1.807) is 31.4 Å². The van der Waals surface area contributed by atoms with Crippen molar-refractivity contribution in [1.82, 2.24) is 0 Å². The maximum Gasteiger partial charge on any atom is 0.264 e. The van der Waals surface area contributed by atoms with Crippen molar-refractivity contribution in [3.63, 3.8) is 0 Å². The van der Waals surface area contributed by atoms with Crippen LogP contribution in [0, 0.1) is 0 Å². The molecule has 3 nitrogen and oxygen atoms in total. The van der Waals surface area contributed by atoms with Crippen LogP contribution in [0.1, 0.15) is 12.8 Å². The molecule has 0 bridgehead atoms. The molecule has 0 rings (SSSR count). The Hall–Kier alpha value is 0.960. The Morgan fingerprint density at radius 3 is 2.50 bits per heavy atom. The number of rotatable bonds is 7. The zero-order chi connectivity index (χ0) is 9.45. The Labute approximate surface area is 85.0 Å². The van der Waals surface area contributed by atoms with Crippen LogP contribution in [-0.4, -0.2) is 30.7 Å². The van der Waals surface area contributed by atoms with Gasteiger partial charge in [0.05, 0.1) is 5.75 Å². The fraction of sp³-hybridized carbons (Fsp3) is 1.00. The zero-order valence-corrected chi connectivity index (χ0v) is 9.99. The molecule has 7 heteroatoms. The maximum atomic E-state index is 10.3. The summed E-state index contributed by atoms with van der Waals surface area (Å²) < 4.78 is 28.9. The van der Waals surface area contributed by atoms with Crippen LogP contribution < -0.4 is 0 Å². The van der Waals surface area contributed by atoms with E-state index in [1.807, 2.05) is 6.26 Å². The molecule has 0 radical (unpaired) electrons. The lowest BCUT2D eigenvalue weighted by Gasteiger charge is -1.97. The molecule has 0 aliphatic carbocycles. The summed E-state index contributed by atoms with van der Waals surface area (Å²) in [6, 6.07) is 0. The van der Waals surface area contributed by atoms with Crippen LogP contribution in [0.3, 0.4) is 0 Å². The van der Waals surface area contributed by atoms with Gasteiger partial charge in [0.15, 0.2) is 0 Å². The van der Waals surface area contributed by atoms with Gasteiger partial charge in [-0.3, -0.25) is 4.55 Å². The highest BCUT2D eigenvalue weighted by atomic mass is 33.5. The number of unbranched alkanes of at least 4 members (excludes halogenated alkanes) is 1. The van der Waals surface area contributed by atoms with Gasteiger partial charge in [0.2, 0.25) is 0 Å². The standard InChI is InChI=1S/C5H12O3S4/c1-9-11-10-4-2-3-5-12(6,7)8/h2-5H2,1H3,(H,6,7,8). The molecule has 0 aromatic carbocycles. The first-order chi connectivity index (χ1) is 5.56. The minimum absolute atomic E-state index is 0.114. The minimum Gasteiger partial charge on any atom is -0.286 e. The van der Waals surface area contributed by atoms with E-state index in [2.05, 4.69) is 0 Å². The van der Waals surface area contributed by atoms with Crippen molar-refractivity contribution < 1.29 is 13.0 Å². The largest absolute Gasteiger partial charge is 0.286 e. The van der Waals surface area contributed by atoms with E-state index in [0.717, 1.165) is 12.2 Å². The van der Waals surface area contributed by atoms with Gasteiger partial charge < -0.3 is 0 Å². The Kier molecular flexibility index (Phi) is 7.96. The summed E-state index contributed by atoms with van der Waals surface area (Å²) in [5.41, 5.74) is 0. The minimum atomic E-state index is -3.74. The monoisotopic (exact) mass is 248 g/mol. The summed E-state index contributed by atoms with van der Waals surface area (Å²) in [5.74, 6) is 0.818. The predicted octanol–water partition coefficient (Wildman–Crippen LogP) is 2.31. The van der Waals surface area contributed by atoms with Gasteiger partial charge in [-0.15, -0.1) is 0 Å². The fourth-order valence-corrected chi connectivity index (χ4v) is 3.91. The van der Waals surface area contributed by atoms with Gasteiger partial charge in [-0.1, -0.05) is 21.6 Å². The van der Waals surface area contributed by atoms with Crippen LogP contribution in [-0.2, 0) is 10.1 Å². The van der Waals surface area contributed by atoms with Crippen molar-refractivity contribution in [1.29, 1.82) is 0 Å². The van der Waals surface area contributed by atoms with Crippen LogP contribution in [0.25, 0.3) is 0 Å². The van der Waals surface area contributed by atoms with E-state index in [9.17, 15) is 8.42 Å². The van der Waals surface area contributed by atoms with Crippen LogP contribution in [0.5, 0.6) is 0 Å². The van der Waals surface area contributed by atoms with Crippen molar-refractivity contribution in [2.45, 2.75) is 12.8 Å². The molecule has 0 aromatic heterocycles. The highest BCUT2D eigenvalue weighted by molar-refractivity contribution is 9.09. The first-order valence-electron chi connectivity index (χ1n) is 3.33. The van der Waals surface area contributed by atoms with Crippen LogP contribution >= 0.6 is 31.4 Å². The second kappa shape index (κ2) is 7.37. The van der Waals surface area contributed by atoms with Crippen molar-refractivity contribution in [2.24, 2.45) is 0 Å². The normalized spacial score (nSPS) is 11.8. The first-order valence-corrected chi connectivity index (χ1v) is 9.00. The molecule has 0 aliphatic rings. The summed E-state index contributed by atoms with van der Waals surface area (Å²) in [4.78, 5) is 0. The van der Waals surface area contributed by atoms with Gasteiger partial charge in [0, 0.05) is 5.75 Å². The lowest BCUT2D eigenvalue weighted by molar-refractivity contribution is 0.481. The second-order valence-corrected chi connectivity index (χ2v) is 8.08. The summed E-state index contributed by atoms with van der Waals surface area (Å²) >= 11 is 0. The molecular weight excluding hydrogens is 236 g/mol. The van der Waals surface area contributed by atoms with E-state index in [1.165, 1.54) is 0 Å². The van der Waals surface area contributed by atoms with Crippen LogP contribution in [0.2, 0.25) is 0 Å². The highest BCUT2D eigenvalue weighted by Crippen LogP contribution is 2.32. The molecule has 1 N–H and O–H groups in total. The Balaban J connectivity index is 3.12. The zero-order valence-electron chi connectivity index (χ0n) is 6.73. The van der Waals surface area contributed by atoms with Crippen molar-refractivity contribution in [3.8, 4) is 0 Å². The molecule has 0 amide bonds. The summed E-state index contributed by atoms with van der Waals surface area (Å²) in [7, 11) is 1.33. The predicted molar refractivity (Wildman–Crippen MR) is 59.2 cm³/mol. The summed E-state index contributed by atoms with van der Waals surface area (Å²) in [6.45, 7) is 0. The van der Waals surface area contributed by atoms with E-state index < -0.39 is 10.1 Å². The SMILES string of the molecule is CSSSCCCCS(=O)(=O)O. The van der Waals surface area contributed by atoms with Gasteiger partial charge in [-0.2, -0.15) is 8.42 Å². The lowest BCUT2D eigenvalue weighted by Crippen LogP contribution is -2.03. The molecule has 0 heterocycles. The molecule has 0 spiro atoms. The van der Waals surface area contributed by atoms with Crippen molar-refractivity contribution in [2.75, 3.05) is 17.8 Å². The molecule has 74 valence electrons. The van der Waals surface area contributed by atoms with E-state index in [0.29, 0.717) is 6.42 Å². The highest BCUT2D eigenvalue weighted by Gasteiger charge is 2.02. The van der Waals surface area contributed by atoms with Crippen molar-refractivity contribution in [3.05, 3.63) is 0 Å². The van der Waals surface area contributed by atoms with Gasteiger partial charge in [-0.05, 0) is 28.9 Å². The van der Waals surface area contributed by atoms with E-state index in [-0.39, 0.29) is 5.75 Å². The molecule has 0 fully saturated rings. The summed E-state index contributed by atoms with van der Waals surface area (Å²) in [6.07, 6.45) is 3.37. The molecule has 0 atom stereocenters. The van der Waals surface area contributed by atoms with Crippen LogP contribution in [0.15, 0.2) is 0 Å². The molecule has 12 heavy (non-hydrogen) atoms. The Morgan fingerprint density at radius 2 is 2.00 bits per heavy atom. The average molecular weight is 248 g/mol. The third-order valence-corrected chi connectivity index (χ3v) is 5.78. The number of hydrogen-bond donors (Lipinski definition) is 1. The van der Waals surface area contributed by atoms with Gasteiger partial charge in [0.1, 0.15) is 0 Å². The number of hydrogen-bond acceptors (Lipinski definition) is 5. The second-order valence-electron chi connectivity index (χ2n) is 2.05.